The Bertz CT molecular complexity index is 55.0. The number of hydrogen-bond donors (Lipinski definition) is 0. The molecule has 3 heteroatoms. The van der Waals surface area contributed by atoms with Gasteiger partial charge in [0, 0.05) is 0 Å². The molecule has 58 valence electrons. The minimum Gasteiger partial charge on any atom is -0.373 e. The molecule has 0 radical (unpaired) electrons. The maximum absolute atomic E-state index is 5.01. The largest absolute Gasteiger partial charge is 0.373 e. The van der Waals surface area contributed by atoms with Gasteiger partial charge in [0.1, 0.15) is 0 Å². The zero-order chi connectivity index (χ0) is 5.11. The van der Waals surface area contributed by atoms with Gasteiger partial charge in [-0.15, -0.1) is 24.8 Å². The zero-order valence-electron chi connectivity index (χ0n) is 5.63. The first-order chi connectivity index (χ1) is 3.43. The van der Waals surface area contributed by atoms with Crippen LogP contribution in [0.4, 0.5) is 0 Å². The smallest absolute Gasteiger partial charge is 0.0810 e. The van der Waals surface area contributed by atoms with Gasteiger partial charge in [0.15, 0.2) is 0 Å². The zero-order valence-corrected chi connectivity index (χ0v) is 7.26. The summed E-state index contributed by atoms with van der Waals surface area (Å²) in [5.74, 6) is 0. The second kappa shape index (κ2) is 6.66. The Morgan fingerprint density at radius 3 is 2.33 bits per heavy atom. The summed E-state index contributed by atoms with van der Waals surface area (Å²) in [6, 6.07) is 0. The third-order valence-electron chi connectivity index (χ3n) is 1.28. The van der Waals surface area contributed by atoms with Crippen molar-refractivity contribution < 1.29 is 4.74 Å². The molecule has 1 heterocycles. The molecule has 1 nitrogen and oxygen atoms in total. The van der Waals surface area contributed by atoms with Crippen LogP contribution in [0.5, 0.6) is 0 Å². The van der Waals surface area contributed by atoms with Crippen LogP contribution in [0.1, 0.15) is 26.2 Å². The first kappa shape index (κ1) is 12.2. The van der Waals surface area contributed by atoms with Crippen molar-refractivity contribution in [2.75, 3.05) is 6.61 Å². The molecule has 1 aliphatic rings. The van der Waals surface area contributed by atoms with E-state index in [0.29, 0.717) is 6.10 Å². The quantitative estimate of drug-likeness (QED) is 0.597. The van der Waals surface area contributed by atoms with Gasteiger partial charge in [-0.2, -0.15) is 0 Å². The predicted molar refractivity (Wildman–Crippen MR) is 43.8 cm³/mol. The third kappa shape index (κ3) is 6.42. The van der Waals surface area contributed by atoms with Crippen LogP contribution in [-0.4, -0.2) is 12.7 Å². The summed E-state index contributed by atoms with van der Waals surface area (Å²) in [4.78, 5) is 0. The van der Waals surface area contributed by atoms with Crippen LogP contribution in [0, 0.1) is 0 Å². The van der Waals surface area contributed by atoms with E-state index in [2.05, 4.69) is 6.92 Å². The van der Waals surface area contributed by atoms with Crippen molar-refractivity contribution in [3.63, 3.8) is 0 Å². The van der Waals surface area contributed by atoms with Crippen LogP contribution in [0.15, 0.2) is 0 Å². The maximum atomic E-state index is 5.01. The summed E-state index contributed by atoms with van der Waals surface area (Å²) < 4.78 is 5.01. The van der Waals surface area contributed by atoms with E-state index in [1.165, 1.54) is 19.3 Å². The van der Waals surface area contributed by atoms with Crippen LogP contribution in [0.25, 0.3) is 0 Å². The fourth-order valence-electron chi connectivity index (χ4n) is 0.667. The lowest BCUT2D eigenvalue weighted by atomic mass is 10.2. The molecule has 0 aromatic heterocycles. The monoisotopic (exact) mass is 172 g/mol. The molecule has 0 aromatic rings. The highest BCUT2D eigenvalue weighted by Crippen LogP contribution is 2.15. The molecule has 1 unspecified atom stereocenters. The van der Waals surface area contributed by atoms with E-state index in [4.69, 9.17) is 4.74 Å². The van der Waals surface area contributed by atoms with E-state index in [1.54, 1.807) is 0 Å². The van der Waals surface area contributed by atoms with E-state index in [9.17, 15) is 0 Å². The molecule has 0 aromatic carbocycles. The molecule has 0 aliphatic carbocycles. The van der Waals surface area contributed by atoms with Crippen molar-refractivity contribution >= 4 is 24.8 Å². The van der Waals surface area contributed by atoms with Crippen molar-refractivity contribution in [2.45, 2.75) is 32.3 Å². The summed E-state index contributed by atoms with van der Waals surface area (Å²) in [7, 11) is 0. The van der Waals surface area contributed by atoms with Gasteiger partial charge in [0.05, 0.1) is 12.7 Å². The Kier molecular flexibility index (Phi) is 9.05. The molecule has 1 atom stereocenters. The molecule has 0 N–H and O–H groups in total. The first-order valence-corrected chi connectivity index (χ1v) is 3.05. The fraction of sp³-hybridized carbons (Fsp3) is 1.00. The molecular weight excluding hydrogens is 159 g/mol. The molecular formula is C6H14Cl2O. The average molecular weight is 173 g/mol. The Labute approximate surface area is 69.0 Å². The number of halogens is 2. The van der Waals surface area contributed by atoms with Gasteiger partial charge in [-0.05, 0) is 6.42 Å². The molecule has 1 rings (SSSR count). The summed E-state index contributed by atoms with van der Waals surface area (Å²) >= 11 is 0. The lowest BCUT2D eigenvalue weighted by Gasteiger charge is -1.86. The summed E-state index contributed by atoms with van der Waals surface area (Å²) in [6.45, 7) is 3.24. The SMILES string of the molecule is CCCCC1CO1.Cl.Cl. The van der Waals surface area contributed by atoms with Crippen molar-refractivity contribution in [1.29, 1.82) is 0 Å². The van der Waals surface area contributed by atoms with Gasteiger partial charge >= 0.3 is 0 Å². The normalized spacial score (nSPS) is 21.7. The van der Waals surface area contributed by atoms with Gasteiger partial charge in [-0.25, -0.2) is 0 Å². The molecule has 1 fully saturated rings. The second-order valence-corrected chi connectivity index (χ2v) is 2.10. The van der Waals surface area contributed by atoms with Crippen molar-refractivity contribution in [1.82, 2.24) is 0 Å². The highest BCUT2D eigenvalue weighted by Gasteiger charge is 2.20. The van der Waals surface area contributed by atoms with Crippen LogP contribution in [0.3, 0.4) is 0 Å². The van der Waals surface area contributed by atoms with Crippen molar-refractivity contribution in [2.24, 2.45) is 0 Å². The highest BCUT2D eigenvalue weighted by molar-refractivity contribution is 5.85. The maximum Gasteiger partial charge on any atom is 0.0810 e. The summed E-state index contributed by atoms with van der Waals surface area (Å²) in [5, 5.41) is 0. The Hall–Kier alpha value is 0.540. The number of unbranched alkanes of at least 4 members (excludes halogenated alkanes) is 1. The van der Waals surface area contributed by atoms with Gasteiger partial charge in [0.25, 0.3) is 0 Å². The van der Waals surface area contributed by atoms with Crippen LogP contribution in [-0.2, 0) is 4.74 Å². The number of ether oxygens (including phenoxy) is 1. The number of epoxide rings is 1. The van der Waals surface area contributed by atoms with E-state index in [0.717, 1.165) is 6.61 Å². The molecule has 1 aliphatic heterocycles. The lowest BCUT2D eigenvalue weighted by Crippen LogP contribution is -1.81. The molecule has 1 saturated heterocycles. The van der Waals surface area contributed by atoms with Crippen molar-refractivity contribution in [3.8, 4) is 0 Å². The van der Waals surface area contributed by atoms with Gasteiger partial charge in [-0.3, -0.25) is 0 Å². The number of rotatable bonds is 3. The molecule has 9 heavy (non-hydrogen) atoms. The van der Waals surface area contributed by atoms with Crippen LogP contribution >= 0.6 is 24.8 Å². The highest BCUT2D eigenvalue weighted by atomic mass is 35.5. The summed E-state index contributed by atoms with van der Waals surface area (Å²) in [6.07, 6.45) is 4.58. The molecule has 0 spiro atoms. The molecule has 0 bridgehead atoms. The topological polar surface area (TPSA) is 12.5 Å². The fourth-order valence-corrected chi connectivity index (χ4v) is 0.667. The first-order valence-electron chi connectivity index (χ1n) is 3.05. The van der Waals surface area contributed by atoms with Crippen LogP contribution in [0.2, 0.25) is 0 Å². The second-order valence-electron chi connectivity index (χ2n) is 2.10. The Morgan fingerprint density at radius 2 is 2.00 bits per heavy atom. The standard InChI is InChI=1S/C6H12O.2ClH/c1-2-3-4-6-5-7-6;;/h6H,2-5H2,1H3;2*1H. The minimum absolute atomic E-state index is 0. The van der Waals surface area contributed by atoms with Crippen LogP contribution < -0.4 is 0 Å². The minimum atomic E-state index is 0. The van der Waals surface area contributed by atoms with Gasteiger partial charge < -0.3 is 4.74 Å². The van der Waals surface area contributed by atoms with E-state index < -0.39 is 0 Å². The predicted octanol–water partition coefficient (Wildman–Crippen LogP) is 2.42. The van der Waals surface area contributed by atoms with Gasteiger partial charge in [-0.1, -0.05) is 19.8 Å². The number of hydrogen-bond acceptors (Lipinski definition) is 1. The summed E-state index contributed by atoms with van der Waals surface area (Å²) in [5.41, 5.74) is 0. The average Bonchev–Trinajstić information content (AvgIpc) is 2.42. The molecule has 0 amide bonds. The van der Waals surface area contributed by atoms with E-state index >= 15 is 0 Å². The lowest BCUT2D eigenvalue weighted by molar-refractivity contribution is 0.391. The van der Waals surface area contributed by atoms with Gasteiger partial charge in [0.2, 0.25) is 0 Å². The Balaban J connectivity index is 0. The third-order valence-corrected chi connectivity index (χ3v) is 1.28. The van der Waals surface area contributed by atoms with E-state index in [-0.39, 0.29) is 24.8 Å². The molecule has 0 saturated carbocycles. The van der Waals surface area contributed by atoms with E-state index in [1.807, 2.05) is 0 Å². The Morgan fingerprint density at radius 1 is 1.44 bits per heavy atom. The van der Waals surface area contributed by atoms with Crippen molar-refractivity contribution in [3.05, 3.63) is 0 Å².